The largest absolute Gasteiger partial charge is 0.357 e. The van der Waals surface area contributed by atoms with E-state index in [0.717, 1.165) is 19.3 Å². The lowest BCUT2D eigenvalue weighted by Crippen LogP contribution is -2.55. The van der Waals surface area contributed by atoms with Gasteiger partial charge in [-0.05, 0) is 26.2 Å². The van der Waals surface area contributed by atoms with Crippen LogP contribution in [0.2, 0.25) is 0 Å². The molecule has 15 heavy (non-hydrogen) atoms. The van der Waals surface area contributed by atoms with Crippen molar-refractivity contribution < 1.29 is 9.59 Å². The molecule has 0 saturated carbocycles. The predicted molar refractivity (Wildman–Crippen MR) is 57.1 cm³/mol. The molecule has 1 aliphatic rings. The Morgan fingerprint density at radius 3 is 2.67 bits per heavy atom. The Balaban J connectivity index is 2.73. The van der Waals surface area contributed by atoms with E-state index in [1.54, 1.807) is 18.9 Å². The van der Waals surface area contributed by atoms with Crippen molar-refractivity contribution in [2.24, 2.45) is 5.73 Å². The molecular formula is C10H19N3O2. The molecule has 0 spiro atoms. The van der Waals surface area contributed by atoms with Gasteiger partial charge in [0.05, 0.1) is 6.04 Å². The number of hydrogen-bond donors (Lipinski definition) is 2. The van der Waals surface area contributed by atoms with E-state index in [1.165, 1.54) is 0 Å². The quantitative estimate of drug-likeness (QED) is 0.647. The Morgan fingerprint density at radius 1 is 1.47 bits per heavy atom. The van der Waals surface area contributed by atoms with Gasteiger partial charge in [0.2, 0.25) is 11.8 Å². The van der Waals surface area contributed by atoms with Crippen molar-refractivity contribution in [2.45, 2.75) is 38.3 Å². The second-order valence-electron chi connectivity index (χ2n) is 3.95. The zero-order chi connectivity index (χ0) is 11.4. The smallest absolute Gasteiger partial charge is 0.242 e. The lowest BCUT2D eigenvalue weighted by atomic mass is 10.0. The summed E-state index contributed by atoms with van der Waals surface area (Å²) in [7, 11) is 1.59. The standard InChI is InChI=1S/C10H19N3O2/c1-7(11)10(15)13-6-4-3-5-8(13)9(14)12-2/h7-8H,3-6,11H2,1-2H3,(H,12,14). The monoisotopic (exact) mass is 213 g/mol. The summed E-state index contributed by atoms with van der Waals surface area (Å²) in [5.41, 5.74) is 5.55. The molecule has 3 N–H and O–H groups in total. The van der Waals surface area contributed by atoms with Crippen molar-refractivity contribution in [1.29, 1.82) is 0 Å². The predicted octanol–water partition coefficient (Wildman–Crippen LogP) is -0.539. The molecule has 1 fully saturated rings. The molecule has 5 nitrogen and oxygen atoms in total. The van der Waals surface area contributed by atoms with Crippen LogP contribution in [0.5, 0.6) is 0 Å². The maximum absolute atomic E-state index is 11.7. The summed E-state index contributed by atoms with van der Waals surface area (Å²) in [4.78, 5) is 24.9. The second-order valence-corrected chi connectivity index (χ2v) is 3.95. The Hall–Kier alpha value is -1.10. The molecule has 0 bridgehead atoms. The number of amides is 2. The Morgan fingerprint density at radius 2 is 2.13 bits per heavy atom. The van der Waals surface area contributed by atoms with Gasteiger partial charge >= 0.3 is 0 Å². The van der Waals surface area contributed by atoms with Gasteiger partial charge in [-0.2, -0.15) is 0 Å². The summed E-state index contributed by atoms with van der Waals surface area (Å²) in [6.07, 6.45) is 2.67. The van der Waals surface area contributed by atoms with E-state index in [1.807, 2.05) is 0 Å². The van der Waals surface area contributed by atoms with E-state index in [-0.39, 0.29) is 17.9 Å². The van der Waals surface area contributed by atoms with Crippen molar-refractivity contribution in [3.05, 3.63) is 0 Å². The highest BCUT2D eigenvalue weighted by Crippen LogP contribution is 2.17. The average molecular weight is 213 g/mol. The van der Waals surface area contributed by atoms with E-state index in [4.69, 9.17) is 5.73 Å². The molecule has 2 amide bonds. The highest BCUT2D eigenvalue weighted by molar-refractivity contribution is 5.89. The highest BCUT2D eigenvalue weighted by Gasteiger charge is 2.32. The lowest BCUT2D eigenvalue weighted by Gasteiger charge is -2.35. The van der Waals surface area contributed by atoms with Gasteiger partial charge in [0.25, 0.3) is 0 Å². The number of rotatable bonds is 2. The van der Waals surface area contributed by atoms with Crippen LogP contribution in [0.15, 0.2) is 0 Å². The number of hydrogen-bond acceptors (Lipinski definition) is 3. The SMILES string of the molecule is CNC(=O)C1CCCCN1C(=O)C(C)N. The molecule has 0 radical (unpaired) electrons. The van der Waals surface area contributed by atoms with Crippen molar-refractivity contribution in [2.75, 3.05) is 13.6 Å². The summed E-state index contributed by atoms with van der Waals surface area (Å²) in [5.74, 6) is -0.230. The molecule has 1 rings (SSSR count). The first-order valence-corrected chi connectivity index (χ1v) is 5.35. The van der Waals surface area contributed by atoms with Gasteiger partial charge in [0, 0.05) is 13.6 Å². The number of piperidine rings is 1. The number of carbonyl (C=O) groups excluding carboxylic acids is 2. The maximum Gasteiger partial charge on any atom is 0.242 e. The fraction of sp³-hybridized carbons (Fsp3) is 0.800. The van der Waals surface area contributed by atoms with Crippen molar-refractivity contribution in [3.8, 4) is 0 Å². The lowest BCUT2D eigenvalue weighted by molar-refractivity contribution is -0.142. The summed E-state index contributed by atoms with van der Waals surface area (Å²) in [6.45, 7) is 2.29. The van der Waals surface area contributed by atoms with Crippen LogP contribution < -0.4 is 11.1 Å². The molecule has 2 unspecified atom stereocenters. The van der Waals surface area contributed by atoms with Crippen molar-refractivity contribution >= 4 is 11.8 Å². The minimum Gasteiger partial charge on any atom is -0.357 e. The third kappa shape index (κ3) is 2.68. The first-order valence-electron chi connectivity index (χ1n) is 5.35. The third-order valence-corrected chi connectivity index (χ3v) is 2.72. The average Bonchev–Trinajstić information content (AvgIpc) is 2.27. The number of likely N-dealkylation sites (tertiary alicyclic amines) is 1. The minimum absolute atomic E-state index is 0.0938. The number of carbonyl (C=O) groups is 2. The third-order valence-electron chi connectivity index (χ3n) is 2.72. The van der Waals surface area contributed by atoms with Crippen LogP contribution in [0.4, 0.5) is 0 Å². The Bertz CT molecular complexity index is 253. The number of nitrogens with two attached hydrogens (primary N) is 1. The molecule has 1 heterocycles. The van der Waals surface area contributed by atoms with E-state index in [9.17, 15) is 9.59 Å². The highest BCUT2D eigenvalue weighted by atomic mass is 16.2. The topological polar surface area (TPSA) is 75.4 Å². The molecule has 1 aliphatic heterocycles. The van der Waals surface area contributed by atoms with Crippen LogP contribution in [0.3, 0.4) is 0 Å². The van der Waals surface area contributed by atoms with Gasteiger partial charge in [0.1, 0.15) is 6.04 Å². The van der Waals surface area contributed by atoms with Crippen molar-refractivity contribution in [1.82, 2.24) is 10.2 Å². The molecule has 0 aromatic carbocycles. The van der Waals surface area contributed by atoms with Crippen LogP contribution in [-0.2, 0) is 9.59 Å². The van der Waals surface area contributed by atoms with E-state index >= 15 is 0 Å². The molecule has 5 heteroatoms. The van der Waals surface area contributed by atoms with Crippen LogP contribution in [0.25, 0.3) is 0 Å². The molecular weight excluding hydrogens is 194 g/mol. The van der Waals surface area contributed by atoms with Crippen molar-refractivity contribution in [3.63, 3.8) is 0 Å². The van der Waals surface area contributed by atoms with E-state index in [2.05, 4.69) is 5.32 Å². The maximum atomic E-state index is 11.7. The molecule has 0 aromatic heterocycles. The van der Waals surface area contributed by atoms with Crippen LogP contribution in [0, 0.1) is 0 Å². The summed E-state index contributed by atoms with van der Waals surface area (Å²) < 4.78 is 0. The zero-order valence-electron chi connectivity index (χ0n) is 9.32. The van der Waals surface area contributed by atoms with Gasteiger partial charge in [0.15, 0.2) is 0 Å². The summed E-state index contributed by atoms with van der Waals surface area (Å²) >= 11 is 0. The molecule has 1 saturated heterocycles. The first kappa shape index (κ1) is 12.0. The molecule has 0 aliphatic carbocycles. The van der Waals surface area contributed by atoms with Gasteiger partial charge in [-0.15, -0.1) is 0 Å². The second kappa shape index (κ2) is 5.11. The van der Waals surface area contributed by atoms with Crippen LogP contribution >= 0.6 is 0 Å². The van der Waals surface area contributed by atoms with E-state index in [0.29, 0.717) is 6.54 Å². The van der Waals surface area contributed by atoms with Gasteiger partial charge in [-0.25, -0.2) is 0 Å². The fourth-order valence-electron chi connectivity index (χ4n) is 1.90. The zero-order valence-corrected chi connectivity index (χ0v) is 9.32. The summed E-state index contributed by atoms with van der Waals surface area (Å²) in [5, 5.41) is 2.58. The number of nitrogens with zero attached hydrogens (tertiary/aromatic N) is 1. The molecule has 2 atom stereocenters. The van der Waals surface area contributed by atoms with E-state index < -0.39 is 6.04 Å². The summed E-state index contributed by atoms with van der Waals surface area (Å²) in [6, 6.07) is -0.863. The number of nitrogens with one attached hydrogen (secondary N) is 1. The fourth-order valence-corrected chi connectivity index (χ4v) is 1.90. The molecule has 86 valence electrons. The minimum atomic E-state index is -0.532. The Labute approximate surface area is 90.0 Å². The van der Waals surface area contributed by atoms with Crippen LogP contribution in [0.1, 0.15) is 26.2 Å². The van der Waals surface area contributed by atoms with Gasteiger partial charge < -0.3 is 16.0 Å². The normalized spacial score (nSPS) is 23.4. The van der Waals surface area contributed by atoms with Crippen LogP contribution in [-0.4, -0.2) is 42.4 Å². The Kier molecular flexibility index (Phi) is 4.08. The van der Waals surface area contributed by atoms with Gasteiger partial charge in [-0.3, -0.25) is 9.59 Å². The number of likely N-dealkylation sites (N-methyl/N-ethyl adjacent to an activating group) is 1. The molecule has 0 aromatic rings. The first-order chi connectivity index (χ1) is 7.07. The van der Waals surface area contributed by atoms with Gasteiger partial charge in [-0.1, -0.05) is 0 Å².